The third kappa shape index (κ3) is 5.99. The van der Waals surface area contributed by atoms with Gasteiger partial charge in [-0.15, -0.1) is 0 Å². The van der Waals surface area contributed by atoms with Gasteiger partial charge in [0, 0.05) is 5.56 Å². The summed E-state index contributed by atoms with van der Waals surface area (Å²) in [5.74, 6) is 0.820. The molecule has 0 atom stereocenters. The number of nitrogens with zero attached hydrogens (tertiary/aromatic N) is 2. The molecule has 0 unspecified atom stereocenters. The number of ether oxygens (including phenoxy) is 2. The predicted molar refractivity (Wildman–Crippen MR) is 94.6 cm³/mol. The van der Waals surface area contributed by atoms with Gasteiger partial charge in [-0.3, -0.25) is 4.79 Å². The highest BCUT2D eigenvalue weighted by molar-refractivity contribution is 5.85. The molecule has 0 aromatic heterocycles. The van der Waals surface area contributed by atoms with Crippen LogP contribution in [0.1, 0.15) is 25.0 Å². The first-order valence-electron chi connectivity index (χ1n) is 7.79. The van der Waals surface area contributed by atoms with E-state index >= 15 is 0 Å². The Morgan fingerprint density at radius 3 is 2.64 bits per heavy atom. The van der Waals surface area contributed by atoms with Crippen LogP contribution in [0.4, 0.5) is 0 Å². The van der Waals surface area contributed by atoms with E-state index in [0.29, 0.717) is 17.1 Å². The number of nitriles is 1. The Kier molecular flexibility index (Phi) is 6.55. The third-order valence-electron chi connectivity index (χ3n) is 3.03. The zero-order valence-electron chi connectivity index (χ0n) is 14.1. The van der Waals surface area contributed by atoms with Gasteiger partial charge in [-0.25, -0.2) is 5.43 Å². The highest BCUT2D eigenvalue weighted by Crippen LogP contribution is 2.17. The number of amides is 1. The van der Waals surface area contributed by atoms with Gasteiger partial charge in [0.25, 0.3) is 5.91 Å². The summed E-state index contributed by atoms with van der Waals surface area (Å²) in [7, 11) is 0. The van der Waals surface area contributed by atoms with E-state index in [0.717, 1.165) is 5.56 Å². The van der Waals surface area contributed by atoms with Crippen molar-refractivity contribution in [1.29, 1.82) is 5.26 Å². The van der Waals surface area contributed by atoms with Gasteiger partial charge in [-0.2, -0.15) is 10.4 Å². The molecule has 2 rings (SSSR count). The molecule has 2 aromatic rings. The van der Waals surface area contributed by atoms with Gasteiger partial charge in [-0.05, 0) is 50.2 Å². The molecule has 128 valence electrons. The van der Waals surface area contributed by atoms with Crippen molar-refractivity contribution >= 4 is 12.1 Å². The van der Waals surface area contributed by atoms with Crippen LogP contribution in [0, 0.1) is 11.3 Å². The Balaban J connectivity index is 1.85. The lowest BCUT2D eigenvalue weighted by Crippen LogP contribution is -2.24. The topological polar surface area (TPSA) is 83.7 Å². The van der Waals surface area contributed by atoms with Crippen LogP contribution in [-0.4, -0.2) is 24.8 Å². The molecule has 0 saturated carbocycles. The summed E-state index contributed by atoms with van der Waals surface area (Å²) >= 11 is 0. The van der Waals surface area contributed by atoms with Crippen molar-refractivity contribution in [2.45, 2.75) is 20.0 Å². The maximum atomic E-state index is 11.8. The van der Waals surface area contributed by atoms with Gasteiger partial charge in [0.2, 0.25) is 0 Å². The minimum absolute atomic E-state index is 0.0463. The molecule has 0 saturated heterocycles. The largest absolute Gasteiger partial charge is 0.490 e. The summed E-state index contributed by atoms with van der Waals surface area (Å²) in [4.78, 5) is 11.8. The Labute approximate surface area is 146 Å². The van der Waals surface area contributed by atoms with Crippen molar-refractivity contribution in [1.82, 2.24) is 5.43 Å². The molecule has 0 heterocycles. The molecular formula is C19H19N3O3. The molecule has 6 nitrogen and oxygen atoms in total. The molecule has 0 aliphatic carbocycles. The Morgan fingerprint density at radius 1 is 1.24 bits per heavy atom. The van der Waals surface area contributed by atoms with Crippen molar-refractivity contribution in [3.8, 4) is 17.6 Å². The first kappa shape index (κ1) is 18.0. The van der Waals surface area contributed by atoms with E-state index in [4.69, 9.17) is 14.7 Å². The number of rotatable bonds is 7. The molecule has 0 spiro atoms. The first-order valence-corrected chi connectivity index (χ1v) is 7.79. The van der Waals surface area contributed by atoms with Crippen molar-refractivity contribution in [2.75, 3.05) is 6.61 Å². The van der Waals surface area contributed by atoms with Crippen molar-refractivity contribution in [2.24, 2.45) is 5.10 Å². The van der Waals surface area contributed by atoms with E-state index < -0.39 is 0 Å². The lowest BCUT2D eigenvalue weighted by Gasteiger charge is -2.11. The Hall–Kier alpha value is -3.33. The van der Waals surface area contributed by atoms with E-state index in [1.807, 2.05) is 44.2 Å². The highest BCUT2D eigenvalue weighted by atomic mass is 16.5. The second-order valence-corrected chi connectivity index (χ2v) is 5.42. The van der Waals surface area contributed by atoms with Gasteiger partial charge in [0.05, 0.1) is 24.0 Å². The quantitative estimate of drug-likeness (QED) is 0.622. The lowest BCUT2D eigenvalue weighted by atomic mass is 10.2. The minimum Gasteiger partial charge on any atom is -0.490 e. The lowest BCUT2D eigenvalue weighted by molar-refractivity contribution is -0.123. The summed E-state index contributed by atoms with van der Waals surface area (Å²) in [5, 5.41) is 12.6. The number of benzene rings is 2. The fourth-order valence-corrected chi connectivity index (χ4v) is 1.93. The normalized spacial score (nSPS) is 10.5. The highest BCUT2D eigenvalue weighted by Gasteiger charge is 2.04. The molecule has 0 aliphatic rings. The fraction of sp³-hybridized carbons (Fsp3) is 0.211. The summed E-state index contributed by atoms with van der Waals surface area (Å²) in [6.07, 6.45) is 1.57. The third-order valence-corrected chi connectivity index (χ3v) is 3.03. The monoisotopic (exact) mass is 337 g/mol. The standard InChI is InChI=1S/C19H19N3O3/c1-14(2)25-18-6-4-3-5-16(18)12-21-22-19(23)13-24-17-9-7-15(11-20)8-10-17/h3-10,12,14H,13H2,1-2H3,(H,22,23)/b21-12-. The molecule has 1 amide bonds. The molecule has 25 heavy (non-hydrogen) atoms. The van der Waals surface area contributed by atoms with Crippen LogP contribution in [0.5, 0.6) is 11.5 Å². The zero-order valence-corrected chi connectivity index (χ0v) is 14.1. The molecular weight excluding hydrogens is 318 g/mol. The van der Waals surface area contributed by atoms with Gasteiger partial charge >= 0.3 is 0 Å². The minimum atomic E-state index is -0.386. The molecule has 6 heteroatoms. The van der Waals surface area contributed by atoms with Gasteiger partial charge in [-0.1, -0.05) is 12.1 Å². The van der Waals surface area contributed by atoms with Crippen LogP contribution in [0.3, 0.4) is 0 Å². The maximum absolute atomic E-state index is 11.8. The van der Waals surface area contributed by atoms with Crippen molar-refractivity contribution in [3.05, 3.63) is 59.7 Å². The SMILES string of the molecule is CC(C)Oc1ccccc1/C=N\NC(=O)COc1ccc(C#N)cc1. The fourth-order valence-electron chi connectivity index (χ4n) is 1.93. The smallest absolute Gasteiger partial charge is 0.277 e. The summed E-state index contributed by atoms with van der Waals surface area (Å²) < 4.78 is 11.0. The number of nitrogens with one attached hydrogen (secondary N) is 1. The van der Waals surface area contributed by atoms with Crippen molar-refractivity contribution < 1.29 is 14.3 Å². The van der Waals surface area contributed by atoms with Crippen LogP contribution in [-0.2, 0) is 4.79 Å². The van der Waals surface area contributed by atoms with E-state index in [-0.39, 0.29) is 18.6 Å². The van der Waals surface area contributed by atoms with Crippen molar-refractivity contribution in [3.63, 3.8) is 0 Å². The maximum Gasteiger partial charge on any atom is 0.277 e. The van der Waals surface area contributed by atoms with Gasteiger partial charge < -0.3 is 9.47 Å². The Bertz CT molecular complexity index is 777. The number of para-hydroxylation sites is 1. The number of hydrogen-bond donors (Lipinski definition) is 1. The van der Waals surface area contributed by atoms with Crippen LogP contribution >= 0.6 is 0 Å². The van der Waals surface area contributed by atoms with Crippen LogP contribution in [0.25, 0.3) is 0 Å². The van der Waals surface area contributed by atoms with E-state index in [1.165, 1.54) is 6.21 Å². The number of hydrogen-bond acceptors (Lipinski definition) is 5. The van der Waals surface area contributed by atoms with Crippen LogP contribution in [0.2, 0.25) is 0 Å². The first-order chi connectivity index (χ1) is 12.1. The van der Waals surface area contributed by atoms with Gasteiger partial charge in [0.1, 0.15) is 11.5 Å². The molecule has 0 bridgehead atoms. The van der Waals surface area contributed by atoms with Gasteiger partial charge in [0.15, 0.2) is 6.61 Å². The number of carbonyl (C=O) groups is 1. The number of hydrazone groups is 1. The summed E-state index contributed by atoms with van der Waals surface area (Å²) in [6, 6.07) is 16.0. The van der Waals surface area contributed by atoms with Crippen LogP contribution < -0.4 is 14.9 Å². The van der Waals surface area contributed by atoms with E-state index in [9.17, 15) is 4.79 Å². The predicted octanol–water partition coefficient (Wildman–Crippen LogP) is 2.87. The molecule has 0 aliphatic heterocycles. The summed E-state index contributed by atoms with van der Waals surface area (Å²) in [5.41, 5.74) is 3.70. The average molecular weight is 337 g/mol. The number of carbonyl (C=O) groups excluding carboxylic acids is 1. The van der Waals surface area contributed by atoms with E-state index in [2.05, 4.69) is 10.5 Å². The Morgan fingerprint density at radius 2 is 1.96 bits per heavy atom. The van der Waals surface area contributed by atoms with Crippen LogP contribution in [0.15, 0.2) is 53.6 Å². The molecule has 2 aromatic carbocycles. The average Bonchev–Trinajstić information content (AvgIpc) is 2.61. The summed E-state index contributed by atoms with van der Waals surface area (Å²) in [6.45, 7) is 3.71. The molecule has 0 fully saturated rings. The zero-order chi connectivity index (χ0) is 18.1. The second-order valence-electron chi connectivity index (χ2n) is 5.42. The molecule has 0 radical (unpaired) electrons. The van der Waals surface area contributed by atoms with E-state index in [1.54, 1.807) is 24.3 Å². The second kappa shape index (κ2) is 9.08. The molecule has 1 N–H and O–H groups in total.